The summed E-state index contributed by atoms with van der Waals surface area (Å²) in [5.41, 5.74) is 3.25. The van der Waals surface area contributed by atoms with E-state index in [9.17, 15) is 14.7 Å². The number of nitrogens with zero attached hydrogens (tertiary/aromatic N) is 1. The number of hydrogen-bond acceptors (Lipinski definition) is 4. The Hall–Kier alpha value is -2.34. The predicted octanol–water partition coefficient (Wildman–Crippen LogP) is 6.64. The van der Waals surface area contributed by atoms with E-state index in [0.717, 1.165) is 48.5 Å². The van der Waals surface area contributed by atoms with Crippen LogP contribution in [0.4, 0.5) is 5.69 Å². The molecule has 6 nitrogen and oxygen atoms in total. The Bertz CT molecular complexity index is 1020. The molecule has 4 rings (SSSR count). The standard InChI is InChI=1S/C26H33ClN2O4/c1-14(2)8-16-10-19(11-16)26-24(17-5-6-17)25(29-33-26)18(13-23(31)32)12-22(30)28-21-9-15(3)4-7-20(21)27/h4,7,9,14,16-19H,5-6,8,10-13H2,1-3H3,(H,28,30)(H,31,32)/t16-,18-,19+/m1/s1. The molecule has 1 amide bonds. The van der Waals surface area contributed by atoms with Gasteiger partial charge in [-0.1, -0.05) is 36.7 Å². The van der Waals surface area contributed by atoms with E-state index in [0.29, 0.717) is 34.2 Å². The van der Waals surface area contributed by atoms with Gasteiger partial charge in [-0.15, -0.1) is 0 Å². The highest BCUT2D eigenvalue weighted by atomic mass is 35.5. The number of nitrogens with one attached hydrogen (secondary N) is 1. The predicted molar refractivity (Wildman–Crippen MR) is 128 cm³/mol. The maximum absolute atomic E-state index is 12.9. The number of halogens is 1. The number of carbonyl (C=O) groups is 2. The number of benzene rings is 1. The summed E-state index contributed by atoms with van der Waals surface area (Å²) in [6, 6.07) is 5.41. The van der Waals surface area contributed by atoms with Gasteiger partial charge in [0.25, 0.3) is 0 Å². The second-order valence-electron chi connectivity index (χ2n) is 10.3. The van der Waals surface area contributed by atoms with Crippen LogP contribution in [0, 0.1) is 18.8 Å². The number of rotatable bonds is 10. The minimum Gasteiger partial charge on any atom is -0.481 e. The van der Waals surface area contributed by atoms with Crippen molar-refractivity contribution in [2.45, 2.75) is 83.5 Å². The largest absolute Gasteiger partial charge is 0.481 e. The summed E-state index contributed by atoms with van der Waals surface area (Å²) >= 11 is 6.22. The Morgan fingerprint density at radius 2 is 1.94 bits per heavy atom. The number of carboxylic acids is 1. The van der Waals surface area contributed by atoms with Crippen LogP contribution in [0.2, 0.25) is 5.02 Å². The van der Waals surface area contributed by atoms with Gasteiger partial charge in [0, 0.05) is 23.8 Å². The molecule has 0 spiro atoms. The topological polar surface area (TPSA) is 92.4 Å². The van der Waals surface area contributed by atoms with E-state index in [2.05, 4.69) is 24.3 Å². The number of amides is 1. The first-order valence-electron chi connectivity index (χ1n) is 12.0. The average Bonchev–Trinajstić information content (AvgIpc) is 3.44. The zero-order valence-corrected chi connectivity index (χ0v) is 20.3. The molecule has 1 heterocycles. The highest BCUT2D eigenvalue weighted by Crippen LogP contribution is 2.52. The summed E-state index contributed by atoms with van der Waals surface area (Å²) in [5, 5.41) is 17.2. The summed E-state index contributed by atoms with van der Waals surface area (Å²) in [6.45, 7) is 6.42. The molecule has 7 heteroatoms. The van der Waals surface area contributed by atoms with Gasteiger partial charge in [-0.3, -0.25) is 9.59 Å². The number of carboxylic acid groups (broad SMARTS) is 1. The molecule has 1 atom stereocenters. The van der Waals surface area contributed by atoms with E-state index in [1.807, 2.05) is 13.0 Å². The summed E-state index contributed by atoms with van der Waals surface area (Å²) in [6.07, 6.45) is 5.40. The molecule has 2 saturated carbocycles. The van der Waals surface area contributed by atoms with E-state index in [1.165, 1.54) is 6.42 Å². The van der Waals surface area contributed by atoms with Crippen LogP contribution in [0.1, 0.15) is 99.1 Å². The molecule has 1 aromatic carbocycles. The van der Waals surface area contributed by atoms with Gasteiger partial charge in [0.05, 0.1) is 22.8 Å². The molecule has 33 heavy (non-hydrogen) atoms. The Morgan fingerprint density at radius 3 is 2.58 bits per heavy atom. The summed E-state index contributed by atoms with van der Waals surface area (Å²) < 4.78 is 5.86. The number of anilines is 1. The van der Waals surface area contributed by atoms with Crippen molar-refractivity contribution in [1.82, 2.24) is 5.16 Å². The van der Waals surface area contributed by atoms with Crippen molar-refractivity contribution in [3.05, 3.63) is 45.8 Å². The second kappa shape index (κ2) is 9.88. The van der Waals surface area contributed by atoms with Crippen molar-refractivity contribution in [2.75, 3.05) is 5.32 Å². The van der Waals surface area contributed by atoms with Crippen LogP contribution in [0.3, 0.4) is 0 Å². The van der Waals surface area contributed by atoms with Crippen molar-refractivity contribution in [1.29, 1.82) is 0 Å². The summed E-state index contributed by atoms with van der Waals surface area (Å²) in [7, 11) is 0. The van der Waals surface area contributed by atoms with Gasteiger partial charge in [-0.25, -0.2) is 0 Å². The lowest BCUT2D eigenvalue weighted by atomic mass is 9.69. The molecule has 2 fully saturated rings. The van der Waals surface area contributed by atoms with Crippen LogP contribution in [-0.2, 0) is 9.59 Å². The minimum atomic E-state index is -0.951. The average molecular weight is 473 g/mol. The lowest BCUT2D eigenvalue weighted by Gasteiger charge is -2.35. The van der Waals surface area contributed by atoms with Gasteiger partial charge >= 0.3 is 5.97 Å². The summed E-state index contributed by atoms with van der Waals surface area (Å²) in [5.74, 6) is 1.30. The zero-order chi connectivity index (χ0) is 23.7. The lowest BCUT2D eigenvalue weighted by Crippen LogP contribution is -2.24. The third-order valence-corrected chi connectivity index (χ3v) is 7.15. The fourth-order valence-corrected chi connectivity index (χ4v) is 5.30. The monoisotopic (exact) mass is 472 g/mol. The molecule has 0 unspecified atom stereocenters. The quantitative estimate of drug-likeness (QED) is 0.404. The van der Waals surface area contributed by atoms with Crippen LogP contribution in [0.15, 0.2) is 22.7 Å². The molecule has 0 aliphatic heterocycles. The minimum absolute atomic E-state index is 0.0168. The van der Waals surface area contributed by atoms with Crippen molar-refractivity contribution < 1.29 is 19.2 Å². The number of hydrogen-bond donors (Lipinski definition) is 2. The number of aromatic nitrogens is 1. The van der Waals surface area contributed by atoms with Gasteiger partial charge in [0.1, 0.15) is 5.76 Å². The normalized spacial score (nSPS) is 21.0. The van der Waals surface area contributed by atoms with Crippen LogP contribution in [-0.4, -0.2) is 22.1 Å². The Labute approximate surface area is 200 Å². The van der Waals surface area contributed by atoms with Gasteiger partial charge in [-0.2, -0.15) is 0 Å². The molecule has 0 bridgehead atoms. The molecule has 0 saturated heterocycles. The van der Waals surface area contributed by atoms with E-state index in [-0.39, 0.29) is 18.7 Å². The fourth-order valence-electron chi connectivity index (χ4n) is 5.14. The van der Waals surface area contributed by atoms with E-state index >= 15 is 0 Å². The van der Waals surface area contributed by atoms with Crippen LogP contribution < -0.4 is 5.32 Å². The summed E-state index contributed by atoms with van der Waals surface area (Å²) in [4.78, 5) is 24.5. The third-order valence-electron chi connectivity index (χ3n) is 6.82. The number of aryl methyl sites for hydroxylation is 1. The van der Waals surface area contributed by atoms with Crippen molar-refractivity contribution in [2.24, 2.45) is 11.8 Å². The molecular weight excluding hydrogens is 440 g/mol. The smallest absolute Gasteiger partial charge is 0.304 e. The highest BCUT2D eigenvalue weighted by molar-refractivity contribution is 6.33. The van der Waals surface area contributed by atoms with Gasteiger partial charge in [0.2, 0.25) is 5.91 Å². The highest BCUT2D eigenvalue weighted by Gasteiger charge is 2.42. The molecule has 2 aromatic rings. The number of carbonyl (C=O) groups excluding carboxylic acids is 1. The van der Waals surface area contributed by atoms with Gasteiger partial charge in [0.15, 0.2) is 0 Å². The SMILES string of the molecule is Cc1ccc(Cl)c(NC(=O)C[C@H](CC(=O)O)c2noc([C@H]3C[C@@H](CC(C)C)C3)c2C2CC2)c1. The van der Waals surface area contributed by atoms with E-state index in [4.69, 9.17) is 16.1 Å². The molecule has 1 aromatic heterocycles. The van der Waals surface area contributed by atoms with Crippen molar-refractivity contribution >= 4 is 29.2 Å². The van der Waals surface area contributed by atoms with Crippen molar-refractivity contribution in [3.63, 3.8) is 0 Å². The first-order valence-corrected chi connectivity index (χ1v) is 12.4. The van der Waals surface area contributed by atoms with Crippen molar-refractivity contribution in [3.8, 4) is 0 Å². The first-order chi connectivity index (χ1) is 15.7. The van der Waals surface area contributed by atoms with E-state index in [1.54, 1.807) is 12.1 Å². The number of aliphatic carboxylic acids is 1. The molecule has 2 aliphatic carbocycles. The maximum atomic E-state index is 12.9. The molecule has 0 radical (unpaired) electrons. The zero-order valence-electron chi connectivity index (χ0n) is 19.6. The Kier molecular flexibility index (Phi) is 7.13. The maximum Gasteiger partial charge on any atom is 0.304 e. The Morgan fingerprint density at radius 1 is 1.21 bits per heavy atom. The molecule has 2 aliphatic rings. The van der Waals surface area contributed by atoms with Crippen LogP contribution in [0.5, 0.6) is 0 Å². The molecule has 2 N–H and O–H groups in total. The van der Waals surface area contributed by atoms with Gasteiger partial charge in [-0.05, 0) is 74.5 Å². The Balaban J connectivity index is 1.52. The van der Waals surface area contributed by atoms with E-state index < -0.39 is 11.9 Å². The first kappa shape index (κ1) is 23.8. The third kappa shape index (κ3) is 5.78. The fraction of sp³-hybridized carbons (Fsp3) is 0.577. The lowest BCUT2D eigenvalue weighted by molar-refractivity contribution is -0.137. The van der Waals surface area contributed by atoms with Crippen LogP contribution >= 0.6 is 11.6 Å². The molecular formula is C26H33ClN2O4. The van der Waals surface area contributed by atoms with Crippen LogP contribution in [0.25, 0.3) is 0 Å². The second-order valence-corrected chi connectivity index (χ2v) is 10.7. The van der Waals surface area contributed by atoms with Gasteiger partial charge < -0.3 is 14.9 Å². The molecule has 178 valence electrons.